The molecule has 1 aromatic carbocycles. The van der Waals surface area contributed by atoms with Crippen LogP contribution in [0.3, 0.4) is 0 Å². The molecule has 0 amide bonds. The van der Waals surface area contributed by atoms with Gasteiger partial charge in [-0.05, 0) is 37.6 Å². The van der Waals surface area contributed by atoms with Gasteiger partial charge in [0.1, 0.15) is 0 Å². The van der Waals surface area contributed by atoms with E-state index < -0.39 is 11.7 Å². The van der Waals surface area contributed by atoms with Gasteiger partial charge in [0.2, 0.25) is 0 Å². The molecular weight excluding hydrogens is 243 g/mol. The summed E-state index contributed by atoms with van der Waals surface area (Å²) in [5, 5.41) is 3.18. The van der Waals surface area contributed by atoms with E-state index in [1.165, 1.54) is 12.1 Å². The molecule has 0 spiro atoms. The molecule has 1 fully saturated rings. The highest BCUT2D eigenvalue weighted by molar-refractivity contribution is 5.26. The number of alkyl halides is 3. The summed E-state index contributed by atoms with van der Waals surface area (Å²) in [4.78, 5) is 0. The molecule has 0 bridgehead atoms. The fraction of sp³-hybridized carbons (Fsp3) is 0.538. The van der Waals surface area contributed by atoms with Crippen molar-refractivity contribution in [2.24, 2.45) is 0 Å². The van der Waals surface area contributed by atoms with Gasteiger partial charge in [-0.3, -0.25) is 0 Å². The fourth-order valence-electron chi connectivity index (χ4n) is 2.18. The summed E-state index contributed by atoms with van der Waals surface area (Å²) in [6.45, 7) is 0.636. The van der Waals surface area contributed by atoms with Crippen LogP contribution in [0.25, 0.3) is 0 Å². The third-order valence-electron chi connectivity index (χ3n) is 3.30. The Morgan fingerprint density at radius 1 is 1.22 bits per heavy atom. The number of benzene rings is 1. The van der Waals surface area contributed by atoms with E-state index in [0.717, 1.165) is 30.5 Å². The van der Waals surface area contributed by atoms with Gasteiger partial charge in [0, 0.05) is 12.6 Å². The third kappa shape index (κ3) is 3.03. The summed E-state index contributed by atoms with van der Waals surface area (Å²) >= 11 is 0. The third-order valence-corrected chi connectivity index (χ3v) is 3.30. The van der Waals surface area contributed by atoms with E-state index in [4.69, 9.17) is 4.74 Å². The molecule has 5 heteroatoms. The smallest absolute Gasteiger partial charge is 0.373 e. The largest absolute Gasteiger partial charge is 0.416 e. The quantitative estimate of drug-likeness (QED) is 0.881. The van der Waals surface area contributed by atoms with Gasteiger partial charge in [-0.15, -0.1) is 0 Å². The SMILES string of the molecule is CNC1CCOC(c2ccc(C(F)(F)F)cc2)C1. The highest BCUT2D eigenvalue weighted by Crippen LogP contribution is 2.32. The van der Waals surface area contributed by atoms with Crippen LogP contribution in [0.5, 0.6) is 0 Å². The standard InChI is InChI=1S/C13H16F3NO/c1-17-11-6-7-18-12(8-11)9-2-4-10(5-3-9)13(14,15)16/h2-5,11-12,17H,6-8H2,1H3. The molecule has 0 aliphatic carbocycles. The van der Waals surface area contributed by atoms with Crippen LogP contribution in [-0.4, -0.2) is 19.7 Å². The van der Waals surface area contributed by atoms with Crippen molar-refractivity contribution in [2.75, 3.05) is 13.7 Å². The highest BCUT2D eigenvalue weighted by atomic mass is 19.4. The first-order chi connectivity index (χ1) is 8.50. The number of nitrogens with one attached hydrogen (secondary N) is 1. The summed E-state index contributed by atoms with van der Waals surface area (Å²) in [5.74, 6) is 0. The van der Waals surface area contributed by atoms with Gasteiger partial charge in [-0.1, -0.05) is 12.1 Å². The molecule has 2 unspecified atom stereocenters. The zero-order valence-corrected chi connectivity index (χ0v) is 10.1. The van der Waals surface area contributed by atoms with Crippen LogP contribution in [0.1, 0.15) is 30.1 Å². The lowest BCUT2D eigenvalue weighted by molar-refractivity contribution is -0.137. The molecule has 1 N–H and O–H groups in total. The predicted molar refractivity (Wildman–Crippen MR) is 62.2 cm³/mol. The van der Waals surface area contributed by atoms with Gasteiger partial charge in [0.25, 0.3) is 0 Å². The number of hydrogen-bond acceptors (Lipinski definition) is 2. The summed E-state index contributed by atoms with van der Waals surface area (Å²) in [6.07, 6.45) is -2.66. The predicted octanol–water partition coefficient (Wildman–Crippen LogP) is 3.14. The minimum absolute atomic E-state index is 0.113. The molecule has 2 nitrogen and oxygen atoms in total. The average Bonchev–Trinajstić information content (AvgIpc) is 2.38. The summed E-state index contributed by atoms with van der Waals surface area (Å²) in [5.41, 5.74) is 0.190. The van der Waals surface area contributed by atoms with Crippen LogP contribution in [-0.2, 0) is 10.9 Å². The van der Waals surface area contributed by atoms with Crippen molar-refractivity contribution in [1.29, 1.82) is 0 Å². The first kappa shape index (κ1) is 13.4. The number of rotatable bonds is 2. The maximum Gasteiger partial charge on any atom is 0.416 e. The summed E-state index contributed by atoms with van der Waals surface area (Å²) < 4.78 is 42.9. The van der Waals surface area contributed by atoms with Crippen molar-refractivity contribution < 1.29 is 17.9 Å². The average molecular weight is 259 g/mol. The number of hydrogen-bond donors (Lipinski definition) is 1. The Morgan fingerprint density at radius 2 is 1.89 bits per heavy atom. The molecule has 0 aromatic heterocycles. The van der Waals surface area contributed by atoms with E-state index in [1.807, 2.05) is 7.05 Å². The maximum atomic E-state index is 12.4. The lowest BCUT2D eigenvalue weighted by atomic mass is 9.97. The highest BCUT2D eigenvalue weighted by Gasteiger charge is 2.30. The van der Waals surface area contributed by atoms with E-state index in [-0.39, 0.29) is 6.10 Å². The topological polar surface area (TPSA) is 21.3 Å². The monoisotopic (exact) mass is 259 g/mol. The van der Waals surface area contributed by atoms with Crippen LogP contribution < -0.4 is 5.32 Å². The van der Waals surface area contributed by atoms with Crippen LogP contribution in [0.2, 0.25) is 0 Å². The molecule has 1 aromatic rings. The molecule has 1 aliphatic heterocycles. The van der Waals surface area contributed by atoms with Gasteiger partial charge < -0.3 is 10.1 Å². The van der Waals surface area contributed by atoms with E-state index in [1.54, 1.807) is 0 Å². The number of halogens is 3. The van der Waals surface area contributed by atoms with Crippen LogP contribution in [0.4, 0.5) is 13.2 Å². The Balaban J connectivity index is 2.09. The normalized spacial score (nSPS) is 25.1. The lowest BCUT2D eigenvalue weighted by Gasteiger charge is -2.29. The fourth-order valence-corrected chi connectivity index (χ4v) is 2.18. The minimum atomic E-state index is -4.28. The molecule has 2 atom stereocenters. The first-order valence-electron chi connectivity index (χ1n) is 5.96. The molecule has 1 saturated heterocycles. The Labute approximate surface area is 104 Å². The molecule has 0 radical (unpaired) electrons. The van der Waals surface area contributed by atoms with Crippen molar-refractivity contribution in [3.8, 4) is 0 Å². The van der Waals surface area contributed by atoms with Crippen molar-refractivity contribution >= 4 is 0 Å². The van der Waals surface area contributed by atoms with Gasteiger partial charge in [0.05, 0.1) is 11.7 Å². The van der Waals surface area contributed by atoms with Crippen LogP contribution in [0, 0.1) is 0 Å². The summed E-state index contributed by atoms with van der Waals surface area (Å²) in [7, 11) is 1.89. The second-order valence-electron chi connectivity index (χ2n) is 4.49. The van der Waals surface area contributed by atoms with Crippen molar-refractivity contribution in [3.05, 3.63) is 35.4 Å². The molecular formula is C13H16F3NO. The Morgan fingerprint density at radius 3 is 2.44 bits per heavy atom. The Hall–Kier alpha value is -1.07. The lowest BCUT2D eigenvalue weighted by Crippen LogP contribution is -2.33. The Bertz CT molecular complexity index is 388. The van der Waals surface area contributed by atoms with E-state index in [2.05, 4.69) is 5.32 Å². The zero-order valence-electron chi connectivity index (χ0n) is 10.1. The van der Waals surface area contributed by atoms with Gasteiger partial charge in [-0.25, -0.2) is 0 Å². The maximum absolute atomic E-state index is 12.4. The van der Waals surface area contributed by atoms with Crippen LogP contribution >= 0.6 is 0 Å². The molecule has 1 aliphatic rings. The van der Waals surface area contributed by atoms with Crippen molar-refractivity contribution in [3.63, 3.8) is 0 Å². The van der Waals surface area contributed by atoms with Gasteiger partial charge in [0.15, 0.2) is 0 Å². The first-order valence-corrected chi connectivity index (χ1v) is 5.96. The minimum Gasteiger partial charge on any atom is -0.373 e. The second kappa shape index (κ2) is 5.28. The second-order valence-corrected chi connectivity index (χ2v) is 4.49. The van der Waals surface area contributed by atoms with Crippen LogP contribution in [0.15, 0.2) is 24.3 Å². The molecule has 2 rings (SSSR count). The van der Waals surface area contributed by atoms with E-state index in [9.17, 15) is 13.2 Å². The van der Waals surface area contributed by atoms with E-state index >= 15 is 0 Å². The molecule has 100 valence electrons. The number of ether oxygens (including phenoxy) is 1. The zero-order chi connectivity index (χ0) is 13.2. The molecule has 1 heterocycles. The van der Waals surface area contributed by atoms with E-state index in [0.29, 0.717) is 12.6 Å². The summed E-state index contributed by atoms with van der Waals surface area (Å²) in [6, 6.07) is 5.60. The van der Waals surface area contributed by atoms with Gasteiger partial charge in [-0.2, -0.15) is 13.2 Å². The van der Waals surface area contributed by atoms with Crippen molar-refractivity contribution in [2.45, 2.75) is 31.2 Å². The molecule has 0 saturated carbocycles. The van der Waals surface area contributed by atoms with Crippen molar-refractivity contribution in [1.82, 2.24) is 5.32 Å². The van der Waals surface area contributed by atoms with Gasteiger partial charge >= 0.3 is 6.18 Å². The Kier molecular flexibility index (Phi) is 3.92. The molecule has 18 heavy (non-hydrogen) atoms.